The highest BCUT2D eigenvalue weighted by Crippen LogP contribution is 2.36. The van der Waals surface area contributed by atoms with E-state index in [-0.39, 0.29) is 0 Å². The molecule has 1 aromatic rings. The van der Waals surface area contributed by atoms with Crippen LogP contribution in [0.1, 0.15) is 38.7 Å². The van der Waals surface area contributed by atoms with Gasteiger partial charge in [0, 0.05) is 12.6 Å². The van der Waals surface area contributed by atoms with Gasteiger partial charge in [-0.2, -0.15) is 0 Å². The Labute approximate surface area is 122 Å². The zero-order chi connectivity index (χ0) is 13.7. The van der Waals surface area contributed by atoms with Gasteiger partial charge in [-0.05, 0) is 48.9 Å². The Hall–Kier alpha value is -1.09. The summed E-state index contributed by atoms with van der Waals surface area (Å²) >= 11 is 5.36. The molecular formula is C16H24N2S. The predicted octanol–water partition coefficient (Wildman–Crippen LogP) is 3.27. The average Bonchev–Trinajstić information content (AvgIpc) is 2.70. The van der Waals surface area contributed by atoms with E-state index in [1.807, 2.05) is 6.07 Å². The maximum atomic E-state index is 5.36. The Balaban J connectivity index is 1.65. The Bertz CT molecular complexity index is 414. The van der Waals surface area contributed by atoms with E-state index >= 15 is 0 Å². The van der Waals surface area contributed by atoms with Crippen molar-refractivity contribution in [3.8, 4) is 0 Å². The minimum Gasteiger partial charge on any atom is -0.362 e. The van der Waals surface area contributed by atoms with Crippen LogP contribution < -0.4 is 10.6 Å². The standard InChI is InChI=1S/C16H24N2S/c1-16(2)10-8-14(12-16)18-15(19)17-11-9-13-6-4-3-5-7-13/h3-7,14H,8-12H2,1-2H3,(H2,17,18,19). The second-order valence-corrected chi connectivity index (χ2v) is 6.65. The molecule has 0 saturated heterocycles. The lowest BCUT2D eigenvalue weighted by Gasteiger charge is -2.19. The highest BCUT2D eigenvalue weighted by molar-refractivity contribution is 7.80. The first-order valence-corrected chi connectivity index (χ1v) is 7.54. The molecule has 0 heterocycles. The van der Waals surface area contributed by atoms with Gasteiger partial charge in [-0.3, -0.25) is 0 Å². The fourth-order valence-corrected chi connectivity index (χ4v) is 3.03. The quantitative estimate of drug-likeness (QED) is 0.825. The van der Waals surface area contributed by atoms with Crippen LogP contribution in [-0.4, -0.2) is 17.7 Å². The Kier molecular flexibility index (Phi) is 4.81. The van der Waals surface area contributed by atoms with Gasteiger partial charge in [0.1, 0.15) is 0 Å². The number of thiocarbonyl (C=S) groups is 1. The highest BCUT2D eigenvalue weighted by atomic mass is 32.1. The van der Waals surface area contributed by atoms with Crippen LogP contribution in [0.2, 0.25) is 0 Å². The van der Waals surface area contributed by atoms with Crippen molar-refractivity contribution in [1.82, 2.24) is 10.6 Å². The van der Waals surface area contributed by atoms with E-state index < -0.39 is 0 Å². The minimum absolute atomic E-state index is 0.470. The van der Waals surface area contributed by atoms with Gasteiger partial charge in [0.05, 0.1) is 0 Å². The van der Waals surface area contributed by atoms with Crippen molar-refractivity contribution in [2.24, 2.45) is 5.41 Å². The number of benzene rings is 1. The summed E-state index contributed by atoms with van der Waals surface area (Å²) in [6.45, 7) is 5.56. The van der Waals surface area contributed by atoms with E-state index in [2.05, 4.69) is 48.7 Å². The summed E-state index contributed by atoms with van der Waals surface area (Å²) in [6.07, 6.45) is 4.75. The van der Waals surface area contributed by atoms with Crippen LogP contribution in [0.4, 0.5) is 0 Å². The third kappa shape index (κ3) is 4.83. The molecule has 1 aliphatic carbocycles. The molecule has 2 N–H and O–H groups in total. The smallest absolute Gasteiger partial charge is 0.166 e. The van der Waals surface area contributed by atoms with E-state index in [1.165, 1.54) is 24.8 Å². The molecule has 1 aromatic carbocycles. The van der Waals surface area contributed by atoms with E-state index in [1.54, 1.807) is 0 Å². The van der Waals surface area contributed by atoms with Gasteiger partial charge in [-0.15, -0.1) is 0 Å². The summed E-state index contributed by atoms with van der Waals surface area (Å²) < 4.78 is 0. The third-order valence-corrected chi connectivity index (χ3v) is 4.11. The van der Waals surface area contributed by atoms with Crippen LogP contribution in [0, 0.1) is 5.41 Å². The summed E-state index contributed by atoms with van der Waals surface area (Å²) in [4.78, 5) is 0. The summed E-state index contributed by atoms with van der Waals surface area (Å²) in [5.74, 6) is 0. The molecule has 19 heavy (non-hydrogen) atoms. The molecule has 1 unspecified atom stereocenters. The summed E-state index contributed by atoms with van der Waals surface area (Å²) in [5, 5.41) is 7.55. The Morgan fingerprint density at radius 3 is 2.68 bits per heavy atom. The van der Waals surface area contributed by atoms with Crippen molar-refractivity contribution in [1.29, 1.82) is 0 Å². The monoisotopic (exact) mass is 276 g/mol. The molecule has 1 saturated carbocycles. The van der Waals surface area contributed by atoms with Crippen LogP contribution in [0.5, 0.6) is 0 Å². The molecule has 0 bridgehead atoms. The molecule has 1 atom stereocenters. The second kappa shape index (κ2) is 6.38. The van der Waals surface area contributed by atoms with E-state index in [0.29, 0.717) is 11.5 Å². The topological polar surface area (TPSA) is 24.1 Å². The lowest BCUT2D eigenvalue weighted by Crippen LogP contribution is -2.41. The molecule has 0 aromatic heterocycles. The number of rotatable bonds is 4. The maximum absolute atomic E-state index is 5.36. The predicted molar refractivity (Wildman–Crippen MR) is 85.3 cm³/mol. The van der Waals surface area contributed by atoms with Crippen molar-refractivity contribution in [2.75, 3.05) is 6.54 Å². The average molecular weight is 276 g/mol. The third-order valence-electron chi connectivity index (χ3n) is 3.85. The molecule has 0 radical (unpaired) electrons. The fraction of sp³-hybridized carbons (Fsp3) is 0.562. The maximum Gasteiger partial charge on any atom is 0.166 e. The van der Waals surface area contributed by atoms with Gasteiger partial charge in [-0.1, -0.05) is 44.2 Å². The first-order valence-electron chi connectivity index (χ1n) is 7.13. The highest BCUT2D eigenvalue weighted by Gasteiger charge is 2.30. The lowest BCUT2D eigenvalue weighted by molar-refractivity contribution is 0.372. The molecule has 2 nitrogen and oxygen atoms in total. The first-order chi connectivity index (χ1) is 9.05. The van der Waals surface area contributed by atoms with E-state index in [0.717, 1.165) is 18.1 Å². The van der Waals surface area contributed by atoms with Crippen LogP contribution >= 0.6 is 12.2 Å². The van der Waals surface area contributed by atoms with E-state index in [9.17, 15) is 0 Å². The van der Waals surface area contributed by atoms with Gasteiger partial charge in [-0.25, -0.2) is 0 Å². The molecule has 2 rings (SSSR count). The van der Waals surface area contributed by atoms with Gasteiger partial charge in [0.25, 0.3) is 0 Å². The van der Waals surface area contributed by atoms with Crippen molar-refractivity contribution < 1.29 is 0 Å². The summed E-state index contributed by atoms with van der Waals surface area (Å²) in [7, 11) is 0. The van der Waals surface area contributed by atoms with Crippen LogP contribution in [-0.2, 0) is 6.42 Å². The lowest BCUT2D eigenvalue weighted by atomic mass is 9.92. The zero-order valence-corrected chi connectivity index (χ0v) is 12.7. The molecule has 1 aliphatic rings. The summed E-state index contributed by atoms with van der Waals surface area (Å²) in [6, 6.07) is 11.0. The van der Waals surface area contributed by atoms with Crippen molar-refractivity contribution in [2.45, 2.75) is 45.6 Å². The van der Waals surface area contributed by atoms with Crippen LogP contribution in [0.25, 0.3) is 0 Å². The normalized spacial score (nSPS) is 21.1. The Morgan fingerprint density at radius 2 is 2.05 bits per heavy atom. The van der Waals surface area contributed by atoms with Gasteiger partial charge >= 0.3 is 0 Å². The van der Waals surface area contributed by atoms with Crippen LogP contribution in [0.15, 0.2) is 30.3 Å². The first kappa shape index (κ1) is 14.3. The van der Waals surface area contributed by atoms with Crippen molar-refractivity contribution in [3.05, 3.63) is 35.9 Å². The number of nitrogens with one attached hydrogen (secondary N) is 2. The zero-order valence-electron chi connectivity index (χ0n) is 11.9. The fourth-order valence-electron chi connectivity index (χ4n) is 2.76. The number of hydrogen-bond donors (Lipinski definition) is 2. The SMILES string of the molecule is CC1(C)CCC(NC(=S)NCCc2ccccc2)C1. The molecule has 1 fully saturated rings. The van der Waals surface area contributed by atoms with Crippen molar-refractivity contribution in [3.63, 3.8) is 0 Å². The van der Waals surface area contributed by atoms with Gasteiger partial charge < -0.3 is 10.6 Å². The van der Waals surface area contributed by atoms with Crippen LogP contribution in [0.3, 0.4) is 0 Å². The Morgan fingerprint density at radius 1 is 1.32 bits per heavy atom. The van der Waals surface area contributed by atoms with E-state index in [4.69, 9.17) is 12.2 Å². The molecule has 0 aliphatic heterocycles. The molecule has 0 amide bonds. The molecule has 0 spiro atoms. The summed E-state index contributed by atoms with van der Waals surface area (Å²) in [5.41, 5.74) is 1.82. The minimum atomic E-state index is 0.470. The van der Waals surface area contributed by atoms with Gasteiger partial charge in [0.2, 0.25) is 0 Å². The van der Waals surface area contributed by atoms with Crippen molar-refractivity contribution >= 4 is 17.3 Å². The molecular weight excluding hydrogens is 252 g/mol. The number of hydrogen-bond acceptors (Lipinski definition) is 1. The second-order valence-electron chi connectivity index (χ2n) is 6.24. The largest absolute Gasteiger partial charge is 0.362 e. The molecule has 104 valence electrons. The van der Waals surface area contributed by atoms with Gasteiger partial charge in [0.15, 0.2) is 5.11 Å². The molecule has 3 heteroatoms.